The molecule has 0 unspecified atom stereocenters. The van der Waals surface area contributed by atoms with Crippen LogP contribution < -0.4 is 0 Å². The van der Waals surface area contributed by atoms with E-state index in [1.807, 2.05) is 6.92 Å². The Morgan fingerprint density at radius 3 is 2.61 bits per heavy atom. The monoisotopic (exact) mass is 413 g/mol. The van der Waals surface area contributed by atoms with Crippen LogP contribution in [0.15, 0.2) is 29.3 Å². The summed E-state index contributed by atoms with van der Waals surface area (Å²) in [7, 11) is -2.67. The van der Waals surface area contributed by atoms with Gasteiger partial charge in [-0.05, 0) is 61.3 Å². The molecule has 1 aromatic heterocycles. The van der Waals surface area contributed by atoms with E-state index in [4.69, 9.17) is 0 Å². The van der Waals surface area contributed by atoms with Crippen molar-refractivity contribution in [2.45, 2.75) is 61.6 Å². The molecular formula is C19H22F3N3O2S. The molecule has 1 aromatic carbocycles. The van der Waals surface area contributed by atoms with Crippen molar-refractivity contribution in [3.8, 4) is 0 Å². The third-order valence-corrected chi connectivity index (χ3v) is 7.91. The first-order valence-corrected chi connectivity index (χ1v) is 10.7. The number of alkyl halides is 3. The largest absolute Gasteiger partial charge is 0.416 e. The van der Waals surface area contributed by atoms with Gasteiger partial charge in [0.1, 0.15) is 0 Å². The lowest BCUT2D eigenvalue weighted by Gasteiger charge is -2.30. The maximum Gasteiger partial charge on any atom is 0.416 e. The van der Waals surface area contributed by atoms with E-state index >= 15 is 0 Å². The Kier molecular flexibility index (Phi) is 4.39. The summed E-state index contributed by atoms with van der Waals surface area (Å²) in [6, 6.07) is 2.80. The molecule has 0 amide bonds. The number of nitrogens with zero attached hydrogens (tertiary/aromatic N) is 2. The van der Waals surface area contributed by atoms with Crippen LogP contribution in [0.2, 0.25) is 0 Å². The Bertz CT molecular complexity index is 986. The van der Waals surface area contributed by atoms with Crippen molar-refractivity contribution in [1.29, 1.82) is 0 Å². The van der Waals surface area contributed by atoms with Crippen molar-refractivity contribution in [3.63, 3.8) is 0 Å². The van der Waals surface area contributed by atoms with Crippen molar-refractivity contribution in [1.82, 2.24) is 14.5 Å². The highest BCUT2D eigenvalue weighted by molar-refractivity contribution is 7.89. The van der Waals surface area contributed by atoms with Gasteiger partial charge in [0.05, 0.1) is 22.7 Å². The van der Waals surface area contributed by atoms with E-state index in [-0.39, 0.29) is 10.3 Å². The van der Waals surface area contributed by atoms with E-state index in [0.29, 0.717) is 12.0 Å². The highest BCUT2D eigenvalue weighted by Crippen LogP contribution is 2.49. The summed E-state index contributed by atoms with van der Waals surface area (Å²) in [5, 5.41) is 6.88. The molecule has 2 aliphatic rings. The quantitative estimate of drug-likeness (QED) is 0.818. The van der Waals surface area contributed by atoms with Crippen LogP contribution >= 0.6 is 0 Å². The summed E-state index contributed by atoms with van der Waals surface area (Å²) >= 11 is 0. The number of aryl methyl sites for hydroxylation is 1. The van der Waals surface area contributed by atoms with Crippen LogP contribution in [0.3, 0.4) is 0 Å². The number of aromatic amines is 1. The summed E-state index contributed by atoms with van der Waals surface area (Å²) in [6.45, 7) is 1.86. The fourth-order valence-corrected chi connectivity index (χ4v) is 5.32. The molecule has 1 saturated carbocycles. The fraction of sp³-hybridized carbons (Fsp3) is 0.526. The lowest BCUT2D eigenvalue weighted by molar-refractivity contribution is -0.137. The summed E-state index contributed by atoms with van der Waals surface area (Å²) in [4.78, 5) is -0.302. The number of aromatic nitrogens is 2. The van der Waals surface area contributed by atoms with E-state index in [1.165, 1.54) is 17.4 Å². The summed E-state index contributed by atoms with van der Waals surface area (Å²) < 4.78 is 68.0. The van der Waals surface area contributed by atoms with Crippen molar-refractivity contribution < 1.29 is 21.6 Å². The molecule has 0 aliphatic heterocycles. The second kappa shape index (κ2) is 6.32. The minimum Gasteiger partial charge on any atom is -0.282 e. The SMILES string of the molecule is CN([C@@H]1CCCc2[nH]ncc21)S(=O)(=O)c1cc(C(F)(F)F)cc(C2(C)CC2)c1. The van der Waals surface area contributed by atoms with Crippen LogP contribution in [0, 0.1) is 0 Å². The lowest BCUT2D eigenvalue weighted by atomic mass is 9.93. The van der Waals surface area contributed by atoms with Crippen LogP contribution in [0.5, 0.6) is 0 Å². The smallest absolute Gasteiger partial charge is 0.282 e. The molecule has 0 spiro atoms. The Labute approximate surface area is 162 Å². The molecule has 1 fully saturated rings. The van der Waals surface area contributed by atoms with E-state index < -0.39 is 27.8 Å². The molecule has 2 aromatic rings. The third kappa shape index (κ3) is 3.24. The second-order valence-electron chi connectivity index (χ2n) is 8.04. The highest BCUT2D eigenvalue weighted by atomic mass is 32.2. The normalized spacial score (nSPS) is 21.6. The molecule has 0 bridgehead atoms. The first kappa shape index (κ1) is 19.4. The minimum absolute atomic E-state index is 0.302. The zero-order valence-corrected chi connectivity index (χ0v) is 16.5. The van der Waals surface area contributed by atoms with Crippen molar-refractivity contribution >= 4 is 10.0 Å². The molecular weight excluding hydrogens is 391 g/mol. The number of H-pyrrole nitrogens is 1. The first-order chi connectivity index (χ1) is 13.0. The maximum atomic E-state index is 13.4. The third-order valence-electron chi connectivity index (χ3n) is 6.06. The fourth-order valence-electron chi connectivity index (χ4n) is 3.89. The number of rotatable bonds is 4. The van der Waals surface area contributed by atoms with E-state index in [0.717, 1.165) is 49.1 Å². The maximum absolute atomic E-state index is 13.4. The van der Waals surface area contributed by atoms with Crippen LogP contribution in [-0.4, -0.2) is 30.0 Å². The van der Waals surface area contributed by atoms with Gasteiger partial charge in [0.2, 0.25) is 10.0 Å². The van der Waals surface area contributed by atoms with E-state index in [1.54, 1.807) is 6.20 Å². The Hall–Kier alpha value is -1.87. The molecule has 152 valence electrons. The number of benzene rings is 1. The predicted octanol–water partition coefficient (Wildman–Crippen LogP) is 4.18. The van der Waals surface area contributed by atoms with Crippen LogP contribution in [-0.2, 0) is 28.0 Å². The average Bonchev–Trinajstić information content (AvgIpc) is 3.21. The number of sulfonamides is 1. The van der Waals surface area contributed by atoms with Gasteiger partial charge in [0.15, 0.2) is 0 Å². The van der Waals surface area contributed by atoms with E-state index in [2.05, 4.69) is 10.2 Å². The van der Waals surface area contributed by atoms with Crippen LogP contribution in [0.25, 0.3) is 0 Å². The average molecular weight is 413 g/mol. The van der Waals surface area contributed by atoms with Gasteiger partial charge in [-0.25, -0.2) is 8.42 Å². The van der Waals surface area contributed by atoms with Gasteiger partial charge in [0.25, 0.3) is 0 Å². The molecule has 28 heavy (non-hydrogen) atoms. The Morgan fingerprint density at radius 2 is 1.96 bits per heavy atom. The van der Waals surface area contributed by atoms with Crippen LogP contribution in [0.1, 0.15) is 61.0 Å². The summed E-state index contributed by atoms with van der Waals surface area (Å²) in [5.41, 5.74) is 0.805. The van der Waals surface area contributed by atoms with Gasteiger partial charge in [-0.2, -0.15) is 22.6 Å². The highest BCUT2D eigenvalue weighted by Gasteiger charge is 2.43. The molecule has 1 N–H and O–H groups in total. The summed E-state index contributed by atoms with van der Waals surface area (Å²) in [5.74, 6) is 0. The Morgan fingerprint density at radius 1 is 1.25 bits per heavy atom. The van der Waals surface area contributed by atoms with Crippen molar-refractivity contribution in [2.24, 2.45) is 0 Å². The Balaban J connectivity index is 1.77. The number of hydrogen-bond acceptors (Lipinski definition) is 3. The topological polar surface area (TPSA) is 66.1 Å². The van der Waals surface area contributed by atoms with Gasteiger partial charge >= 0.3 is 6.18 Å². The minimum atomic E-state index is -4.60. The van der Waals surface area contributed by atoms with E-state index in [9.17, 15) is 21.6 Å². The predicted molar refractivity (Wildman–Crippen MR) is 97.2 cm³/mol. The molecule has 4 rings (SSSR count). The molecule has 1 atom stereocenters. The van der Waals surface area contributed by atoms with Gasteiger partial charge in [-0.1, -0.05) is 6.92 Å². The van der Waals surface area contributed by atoms with Gasteiger partial charge in [-0.15, -0.1) is 0 Å². The molecule has 2 aliphatic carbocycles. The zero-order valence-electron chi connectivity index (χ0n) is 15.7. The van der Waals surface area contributed by atoms with Gasteiger partial charge in [-0.3, -0.25) is 5.10 Å². The lowest BCUT2D eigenvalue weighted by Crippen LogP contribution is -2.33. The molecule has 5 nitrogen and oxygen atoms in total. The molecule has 0 saturated heterocycles. The number of fused-ring (bicyclic) bond motifs is 1. The van der Waals surface area contributed by atoms with Crippen molar-refractivity contribution in [2.75, 3.05) is 7.05 Å². The second-order valence-corrected chi connectivity index (χ2v) is 10.0. The van der Waals surface area contributed by atoms with Crippen molar-refractivity contribution in [3.05, 3.63) is 46.8 Å². The number of hydrogen-bond donors (Lipinski definition) is 1. The summed E-state index contributed by atoms with van der Waals surface area (Å²) in [6.07, 6.45) is 0.680. The van der Waals surface area contributed by atoms with Gasteiger partial charge in [0, 0.05) is 18.3 Å². The standard InChI is InChI=1S/C19H22F3N3O2S/c1-18(6-7-18)12-8-13(19(20,21)22)10-14(9-12)28(26,27)25(2)17-5-3-4-16-15(17)11-23-24-16/h8-11,17H,3-7H2,1-2H3,(H,23,24)/t17-/m1/s1. The van der Waals surface area contributed by atoms with Crippen LogP contribution in [0.4, 0.5) is 13.2 Å². The first-order valence-electron chi connectivity index (χ1n) is 9.25. The molecule has 0 radical (unpaired) electrons. The molecule has 9 heteroatoms. The zero-order chi connectivity index (χ0) is 20.3. The number of nitrogens with one attached hydrogen (secondary N) is 1. The molecule has 1 heterocycles. The van der Waals surface area contributed by atoms with Gasteiger partial charge < -0.3 is 0 Å². The number of halogens is 3.